The number of pyridine rings is 1. The summed E-state index contributed by atoms with van der Waals surface area (Å²) in [5.74, 6) is -0.0562. The Morgan fingerprint density at radius 2 is 2.17 bits per heavy atom. The molecule has 5 nitrogen and oxygen atoms in total. The maximum Gasteiger partial charge on any atom is 0.270 e. The number of hydrogen-bond acceptors (Lipinski definition) is 3. The van der Waals surface area contributed by atoms with E-state index in [0.717, 1.165) is 26.2 Å². The number of nitrogens with one attached hydrogen (secondary N) is 1. The molecule has 0 bridgehead atoms. The van der Waals surface area contributed by atoms with Crippen molar-refractivity contribution >= 4 is 5.91 Å². The van der Waals surface area contributed by atoms with E-state index in [2.05, 4.69) is 9.88 Å². The minimum Gasteiger partial charge on any atom is -0.335 e. The Morgan fingerprint density at radius 3 is 3.00 bits per heavy atom. The Morgan fingerprint density at radius 1 is 1.28 bits per heavy atom. The third-order valence-corrected chi connectivity index (χ3v) is 3.87. The monoisotopic (exact) mass is 247 g/mol. The second-order valence-electron chi connectivity index (χ2n) is 5.01. The molecule has 0 aliphatic carbocycles. The average molecular weight is 247 g/mol. The summed E-state index contributed by atoms with van der Waals surface area (Å²) in [5, 5.41) is 0. The number of H-pyrrole nitrogens is 1. The number of carbonyl (C=O) groups is 1. The molecule has 18 heavy (non-hydrogen) atoms. The first-order valence-corrected chi connectivity index (χ1v) is 6.47. The molecule has 0 saturated carbocycles. The fraction of sp³-hybridized carbons (Fsp3) is 0.538. The highest BCUT2D eigenvalue weighted by Crippen LogP contribution is 2.22. The van der Waals surface area contributed by atoms with Gasteiger partial charge in [-0.15, -0.1) is 0 Å². The van der Waals surface area contributed by atoms with Crippen molar-refractivity contribution in [2.24, 2.45) is 0 Å². The van der Waals surface area contributed by atoms with Crippen LogP contribution in [0.25, 0.3) is 0 Å². The van der Waals surface area contributed by atoms with Gasteiger partial charge in [-0.2, -0.15) is 0 Å². The number of fused-ring (bicyclic) bond motifs is 1. The van der Waals surface area contributed by atoms with Crippen LogP contribution in [0.1, 0.15) is 23.3 Å². The Hall–Kier alpha value is -1.62. The van der Waals surface area contributed by atoms with Crippen molar-refractivity contribution in [3.8, 4) is 0 Å². The molecular weight excluding hydrogens is 230 g/mol. The second-order valence-corrected chi connectivity index (χ2v) is 5.01. The summed E-state index contributed by atoms with van der Waals surface area (Å²) in [6.45, 7) is 3.66. The summed E-state index contributed by atoms with van der Waals surface area (Å²) < 4.78 is 0. The number of nitrogens with zero attached hydrogens (tertiary/aromatic N) is 2. The summed E-state index contributed by atoms with van der Waals surface area (Å²) in [4.78, 5) is 30.4. The summed E-state index contributed by atoms with van der Waals surface area (Å²) in [6, 6.07) is 5.23. The smallest absolute Gasteiger partial charge is 0.270 e. The highest BCUT2D eigenvalue weighted by atomic mass is 16.2. The van der Waals surface area contributed by atoms with Gasteiger partial charge in [0, 0.05) is 31.7 Å². The normalized spacial score (nSPS) is 24.0. The number of amides is 1. The van der Waals surface area contributed by atoms with Crippen molar-refractivity contribution in [3.63, 3.8) is 0 Å². The number of piperazine rings is 1. The van der Waals surface area contributed by atoms with Gasteiger partial charge in [0.15, 0.2) is 0 Å². The van der Waals surface area contributed by atoms with Crippen LogP contribution in [0.3, 0.4) is 0 Å². The summed E-state index contributed by atoms with van der Waals surface area (Å²) in [6.07, 6.45) is 2.41. The molecule has 1 aromatic heterocycles. The van der Waals surface area contributed by atoms with Gasteiger partial charge in [0.25, 0.3) is 5.91 Å². The van der Waals surface area contributed by atoms with Crippen LogP contribution in [-0.4, -0.2) is 52.9 Å². The molecule has 2 saturated heterocycles. The largest absolute Gasteiger partial charge is 0.335 e. The van der Waals surface area contributed by atoms with Gasteiger partial charge < -0.3 is 9.88 Å². The molecule has 2 aliphatic heterocycles. The van der Waals surface area contributed by atoms with Gasteiger partial charge in [0.1, 0.15) is 5.69 Å². The van der Waals surface area contributed by atoms with Crippen molar-refractivity contribution in [3.05, 3.63) is 34.2 Å². The number of carbonyl (C=O) groups excluding carboxylic acids is 1. The molecule has 1 N–H and O–H groups in total. The van der Waals surface area contributed by atoms with E-state index >= 15 is 0 Å². The molecule has 1 unspecified atom stereocenters. The number of rotatable bonds is 1. The molecule has 5 heteroatoms. The molecule has 0 aromatic carbocycles. The SMILES string of the molecule is O=C(c1cccc(=O)[nH]1)N1CCN2CCCC2C1. The zero-order valence-corrected chi connectivity index (χ0v) is 10.3. The van der Waals surface area contributed by atoms with E-state index < -0.39 is 0 Å². The fourth-order valence-corrected chi connectivity index (χ4v) is 2.92. The lowest BCUT2D eigenvalue weighted by atomic mass is 10.1. The van der Waals surface area contributed by atoms with Gasteiger partial charge in [0.2, 0.25) is 5.56 Å². The fourth-order valence-electron chi connectivity index (χ4n) is 2.92. The van der Waals surface area contributed by atoms with Crippen LogP contribution >= 0.6 is 0 Å². The van der Waals surface area contributed by atoms with E-state index in [1.807, 2.05) is 4.90 Å². The first-order valence-electron chi connectivity index (χ1n) is 6.47. The molecule has 96 valence electrons. The lowest BCUT2D eigenvalue weighted by molar-refractivity contribution is 0.0565. The Kier molecular flexibility index (Phi) is 2.91. The van der Waals surface area contributed by atoms with Crippen LogP contribution in [0.4, 0.5) is 0 Å². The van der Waals surface area contributed by atoms with Crippen molar-refractivity contribution in [1.82, 2.24) is 14.8 Å². The molecule has 3 rings (SSSR count). The highest BCUT2D eigenvalue weighted by Gasteiger charge is 2.32. The molecule has 3 heterocycles. The lowest BCUT2D eigenvalue weighted by Gasteiger charge is -2.37. The van der Waals surface area contributed by atoms with Crippen LogP contribution in [0, 0.1) is 0 Å². The second kappa shape index (κ2) is 4.57. The van der Waals surface area contributed by atoms with Crippen LogP contribution in [0.2, 0.25) is 0 Å². The standard InChI is InChI=1S/C13H17N3O2/c17-12-5-1-4-11(14-12)13(18)16-8-7-15-6-2-3-10(15)9-16/h1,4-5,10H,2-3,6-9H2,(H,14,17). The highest BCUT2D eigenvalue weighted by molar-refractivity contribution is 5.92. The minimum absolute atomic E-state index is 0.0562. The lowest BCUT2D eigenvalue weighted by Crippen LogP contribution is -2.52. The molecule has 2 aliphatic rings. The van der Waals surface area contributed by atoms with E-state index in [1.165, 1.54) is 18.9 Å². The van der Waals surface area contributed by atoms with Gasteiger partial charge in [-0.05, 0) is 25.5 Å². The van der Waals surface area contributed by atoms with Gasteiger partial charge in [-0.25, -0.2) is 0 Å². The molecular formula is C13H17N3O2. The number of aromatic amines is 1. The Labute approximate surface area is 105 Å². The van der Waals surface area contributed by atoms with Crippen LogP contribution < -0.4 is 5.56 Å². The first kappa shape index (κ1) is 11.5. The Bertz CT molecular complexity index is 511. The Balaban J connectivity index is 1.75. The van der Waals surface area contributed by atoms with Crippen LogP contribution in [0.5, 0.6) is 0 Å². The summed E-state index contributed by atoms with van der Waals surface area (Å²) >= 11 is 0. The summed E-state index contributed by atoms with van der Waals surface area (Å²) in [7, 11) is 0. The van der Waals surface area contributed by atoms with E-state index in [1.54, 1.807) is 12.1 Å². The van der Waals surface area contributed by atoms with Gasteiger partial charge in [-0.3, -0.25) is 14.5 Å². The van der Waals surface area contributed by atoms with Gasteiger partial charge in [-0.1, -0.05) is 6.07 Å². The van der Waals surface area contributed by atoms with Crippen molar-refractivity contribution in [2.75, 3.05) is 26.2 Å². The average Bonchev–Trinajstić information content (AvgIpc) is 2.85. The molecule has 1 atom stereocenters. The topological polar surface area (TPSA) is 56.4 Å². The van der Waals surface area contributed by atoms with E-state index in [9.17, 15) is 9.59 Å². The van der Waals surface area contributed by atoms with Crippen LogP contribution in [-0.2, 0) is 0 Å². The maximum absolute atomic E-state index is 12.3. The summed E-state index contributed by atoms with van der Waals surface area (Å²) in [5.41, 5.74) is 0.175. The first-order chi connectivity index (χ1) is 8.74. The quantitative estimate of drug-likeness (QED) is 0.776. The van der Waals surface area contributed by atoms with Gasteiger partial charge in [0.05, 0.1) is 0 Å². The molecule has 1 aromatic rings. The maximum atomic E-state index is 12.3. The number of hydrogen-bond donors (Lipinski definition) is 1. The van der Waals surface area contributed by atoms with E-state index in [4.69, 9.17) is 0 Å². The number of aromatic nitrogens is 1. The predicted molar refractivity (Wildman–Crippen MR) is 67.6 cm³/mol. The van der Waals surface area contributed by atoms with Crippen molar-refractivity contribution in [1.29, 1.82) is 0 Å². The van der Waals surface area contributed by atoms with E-state index in [-0.39, 0.29) is 11.5 Å². The zero-order valence-electron chi connectivity index (χ0n) is 10.3. The molecule has 0 spiro atoms. The van der Waals surface area contributed by atoms with Crippen LogP contribution in [0.15, 0.2) is 23.0 Å². The van der Waals surface area contributed by atoms with Crippen molar-refractivity contribution in [2.45, 2.75) is 18.9 Å². The minimum atomic E-state index is -0.222. The zero-order chi connectivity index (χ0) is 12.5. The van der Waals surface area contributed by atoms with Gasteiger partial charge >= 0.3 is 0 Å². The molecule has 1 amide bonds. The van der Waals surface area contributed by atoms with Crippen molar-refractivity contribution < 1.29 is 4.79 Å². The molecule has 2 fully saturated rings. The third kappa shape index (κ3) is 2.06. The predicted octanol–water partition coefficient (Wildman–Crippen LogP) is 0.295. The third-order valence-electron chi connectivity index (χ3n) is 3.87. The van der Waals surface area contributed by atoms with E-state index in [0.29, 0.717) is 11.7 Å². The molecule has 0 radical (unpaired) electrons.